The standard InChI is InChI=1S/C17H28N2O3S/c1-13-7-6-8-15(11-13)22-12-14(2)19-16(20)18-9-10-23(21)17(3,4)5/h6-8,11,14H,9-10,12H2,1-5H3,(H2,18,19,20)/t14-,23-/m1/s1. The molecule has 0 unspecified atom stereocenters. The lowest BCUT2D eigenvalue weighted by atomic mass is 10.2. The lowest BCUT2D eigenvalue weighted by Crippen LogP contribution is -2.44. The van der Waals surface area contributed by atoms with Crippen molar-refractivity contribution in [2.75, 3.05) is 18.9 Å². The molecule has 0 saturated heterocycles. The summed E-state index contributed by atoms with van der Waals surface area (Å²) in [6, 6.07) is 7.39. The Labute approximate surface area is 141 Å². The van der Waals surface area contributed by atoms with E-state index in [9.17, 15) is 9.00 Å². The van der Waals surface area contributed by atoms with Crippen molar-refractivity contribution < 1.29 is 13.7 Å². The van der Waals surface area contributed by atoms with Crippen molar-refractivity contribution in [2.45, 2.75) is 45.4 Å². The van der Waals surface area contributed by atoms with Crippen molar-refractivity contribution in [2.24, 2.45) is 0 Å². The zero-order valence-corrected chi connectivity index (χ0v) is 15.5. The van der Waals surface area contributed by atoms with Crippen LogP contribution in [-0.2, 0) is 10.8 Å². The second kappa shape index (κ2) is 8.91. The third kappa shape index (κ3) is 8.02. The second-order valence-corrected chi connectivity index (χ2v) is 8.91. The molecule has 1 aromatic rings. The average molecular weight is 340 g/mol. The minimum Gasteiger partial charge on any atom is -0.491 e. The van der Waals surface area contributed by atoms with Crippen LogP contribution in [0.15, 0.2) is 24.3 Å². The Morgan fingerprint density at radius 2 is 2.04 bits per heavy atom. The van der Waals surface area contributed by atoms with E-state index < -0.39 is 10.8 Å². The first-order valence-corrected chi connectivity index (χ1v) is 9.12. The van der Waals surface area contributed by atoms with E-state index in [-0.39, 0.29) is 16.8 Å². The van der Waals surface area contributed by atoms with E-state index in [2.05, 4.69) is 10.6 Å². The normalized spacial score (nSPS) is 14.0. The van der Waals surface area contributed by atoms with Crippen LogP contribution in [0.2, 0.25) is 0 Å². The van der Waals surface area contributed by atoms with E-state index in [0.717, 1.165) is 11.3 Å². The number of ether oxygens (including phenoxy) is 1. The van der Waals surface area contributed by atoms with Crippen LogP contribution < -0.4 is 15.4 Å². The van der Waals surface area contributed by atoms with Crippen molar-refractivity contribution in [3.05, 3.63) is 29.8 Å². The van der Waals surface area contributed by atoms with Gasteiger partial charge in [0.1, 0.15) is 12.4 Å². The van der Waals surface area contributed by atoms with Gasteiger partial charge in [-0.05, 0) is 52.3 Å². The van der Waals surface area contributed by atoms with Gasteiger partial charge < -0.3 is 15.4 Å². The van der Waals surface area contributed by atoms with Crippen LogP contribution in [-0.4, -0.2) is 39.9 Å². The maximum Gasteiger partial charge on any atom is 0.315 e. The number of rotatable bonds is 7. The van der Waals surface area contributed by atoms with Crippen molar-refractivity contribution in [1.82, 2.24) is 10.6 Å². The van der Waals surface area contributed by atoms with Crippen molar-refractivity contribution in [3.63, 3.8) is 0 Å². The third-order valence-corrected chi connectivity index (χ3v) is 5.06. The molecule has 2 N–H and O–H groups in total. The van der Waals surface area contributed by atoms with E-state index in [1.165, 1.54) is 0 Å². The summed E-state index contributed by atoms with van der Waals surface area (Å²) in [6.45, 7) is 10.4. The number of nitrogens with one attached hydrogen (secondary N) is 2. The Bertz CT molecular complexity index is 541. The van der Waals surface area contributed by atoms with Crippen LogP contribution in [0.25, 0.3) is 0 Å². The van der Waals surface area contributed by atoms with Crippen molar-refractivity contribution in [1.29, 1.82) is 0 Å². The number of hydrogen-bond donors (Lipinski definition) is 2. The summed E-state index contributed by atoms with van der Waals surface area (Å²) in [4.78, 5) is 11.8. The fraction of sp³-hybridized carbons (Fsp3) is 0.588. The summed E-state index contributed by atoms with van der Waals surface area (Å²) >= 11 is 0. The molecule has 23 heavy (non-hydrogen) atoms. The second-order valence-electron chi connectivity index (χ2n) is 6.59. The first kappa shape index (κ1) is 19.5. The van der Waals surface area contributed by atoms with E-state index in [4.69, 9.17) is 4.74 Å². The smallest absolute Gasteiger partial charge is 0.315 e. The molecule has 2 atom stereocenters. The highest BCUT2D eigenvalue weighted by Gasteiger charge is 2.19. The molecule has 1 aromatic carbocycles. The Morgan fingerprint density at radius 1 is 1.35 bits per heavy atom. The topological polar surface area (TPSA) is 67.4 Å². The fourth-order valence-electron chi connectivity index (χ4n) is 1.81. The minimum absolute atomic E-state index is 0.122. The highest BCUT2D eigenvalue weighted by Crippen LogP contribution is 2.12. The number of urea groups is 1. The summed E-state index contributed by atoms with van der Waals surface area (Å²) in [5, 5.41) is 5.53. The van der Waals surface area contributed by atoms with Gasteiger partial charge in [-0.2, -0.15) is 0 Å². The zero-order chi connectivity index (χ0) is 17.5. The highest BCUT2D eigenvalue weighted by molar-refractivity contribution is 7.86. The maximum absolute atomic E-state index is 11.9. The Hall–Kier alpha value is -1.56. The van der Waals surface area contributed by atoms with Crippen LogP contribution in [0.3, 0.4) is 0 Å². The summed E-state index contributed by atoms with van der Waals surface area (Å²) in [6.07, 6.45) is 0. The zero-order valence-electron chi connectivity index (χ0n) is 14.6. The molecule has 6 heteroatoms. The van der Waals surface area contributed by atoms with Gasteiger partial charge in [0.15, 0.2) is 0 Å². The Kier molecular flexibility index (Phi) is 7.55. The van der Waals surface area contributed by atoms with Gasteiger partial charge in [-0.15, -0.1) is 0 Å². The third-order valence-electron chi connectivity index (χ3n) is 3.12. The number of aryl methyl sites for hydroxylation is 1. The quantitative estimate of drug-likeness (QED) is 0.802. The van der Waals surface area contributed by atoms with Gasteiger partial charge in [-0.25, -0.2) is 4.79 Å². The molecular weight excluding hydrogens is 312 g/mol. The predicted octanol–water partition coefficient (Wildman–Crippen LogP) is 2.61. The molecule has 0 spiro atoms. The highest BCUT2D eigenvalue weighted by atomic mass is 32.2. The van der Waals surface area contributed by atoms with Gasteiger partial charge in [0.25, 0.3) is 0 Å². The molecule has 1 rings (SSSR count). The molecule has 2 amide bonds. The molecule has 0 saturated carbocycles. The first-order chi connectivity index (χ1) is 10.7. The number of benzene rings is 1. The molecule has 130 valence electrons. The number of carbonyl (C=O) groups excluding carboxylic acids is 1. The van der Waals surface area contributed by atoms with Gasteiger partial charge in [-0.1, -0.05) is 12.1 Å². The van der Waals surface area contributed by atoms with Crippen molar-refractivity contribution >= 4 is 16.8 Å². The number of carbonyl (C=O) groups is 1. The summed E-state index contributed by atoms with van der Waals surface area (Å²) < 4.78 is 17.3. The maximum atomic E-state index is 11.9. The molecular formula is C17H28N2O3S. The average Bonchev–Trinajstić information content (AvgIpc) is 2.44. The van der Waals surface area contributed by atoms with E-state index >= 15 is 0 Å². The molecule has 0 aromatic heterocycles. The SMILES string of the molecule is Cc1cccc(OC[C@@H](C)NC(=O)NCC[S@@](=O)C(C)(C)C)c1. The van der Waals surface area contributed by atoms with Gasteiger partial charge >= 0.3 is 6.03 Å². The molecule has 0 fully saturated rings. The lowest BCUT2D eigenvalue weighted by molar-refractivity contribution is 0.227. The summed E-state index contributed by atoms with van der Waals surface area (Å²) in [5.74, 6) is 1.24. The Balaban J connectivity index is 2.25. The van der Waals surface area contributed by atoms with Crippen LogP contribution in [0, 0.1) is 6.92 Å². The largest absolute Gasteiger partial charge is 0.491 e. The van der Waals surface area contributed by atoms with Crippen LogP contribution in [0.1, 0.15) is 33.3 Å². The summed E-state index contributed by atoms with van der Waals surface area (Å²) in [5.41, 5.74) is 1.13. The van der Waals surface area contributed by atoms with Gasteiger partial charge in [-0.3, -0.25) is 4.21 Å². The van der Waals surface area contributed by atoms with E-state index in [1.807, 2.05) is 58.9 Å². The molecule has 0 aliphatic carbocycles. The first-order valence-electron chi connectivity index (χ1n) is 7.81. The van der Waals surface area contributed by atoms with E-state index in [0.29, 0.717) is 18.9 Å². The van der Waals surface area contributed by atoms with Gasteiger partial charge in [0.2, 0.25) is 0 Å². The molecule has 0 bridgehead atoms. The van der Waals surface area contributed by atoms with Crippen LogP contribution in [0.4, 0.5) is 4.79 Å². The van der Waals surface area contributed by atoms with E-state index in [1.54, 1.807) is 0 Å². The lowest BCUT2D eigenvalue weighted by Gasteiger charge is -2.18. The van der Waals surface area contributed by atoms with Gasteiger partial charge in [0, 0.05) is 27.8 Å². The minimum atomic E-state index is -0.964. The van der Waals surface area contributed by atoms with Crippen LogP contribution in [0.5, 0.6) is 5.75 Å². The molecule has 5 nitrogen and oxygen atoms in total. The van der Waals surface area contributed by atoms with Crippen LogP contribution >= 0.6 is 0 Å². The van der Waals surface area contributed by atoms with Gasteiger partial charge in [0.05, 0.1) is 6.04 Å². The number of hydrogen-bond acceptors (Lipinski definition) is 3. The predicted molar refractivity (Wildman–Crippen MR) is 95.4 cm³/mol. The number of amides is 2. The molecule has 0 aliphatic heterocycles. The monoisotopic (exact) mass is 340 g/mol. The fourth-order valence-corrected chi connectivity index (χ4v) is 2.71. The molecule has 0 heterocycles. The van der Waals surface area contributed by atoms with Crippen molar-refractivity contribution in [3.8, 4) is 5.75 Å². The molecule has 0 radical (unpaired) electrons. The molecule has 0 aliphatic rings. The summed E-state index contributed by atoms with van der Waals surface area (Å²) in [7, 11) is -0.964. The Morgan fingerprint density at radius 3 is 2.65 bits per heavy atom.